The number of fused-ring (bicyclic) bond motifs is 1. The number of halogens is 1. The maximum Gasteiger partial charge on any atom is 0.337 e. The van der Waals surface area contributed by atoms with Crippen LogP contribution < -0.4 is 0 Å². The molecule has 1 aliphatic heterocycles. The van der Waals surface area contributed by atoms with Crippen LogP contribution in [0.3, 0.4) is 0 Å². The molecule has 1 aliphatic carbocycles. The van der Waals surface area contributed by atoms with Gasteiger partial charge in [0.2, 0.25) is 0 Å². The van der Waals surface area contributed by atoms with Gasteiger partial charge in [0.05, 0.1) is 28.0 Å². The first-order valence-electron chi connectivity index (χ1n) is 4.51. The van der Waals surface area contributed by atoms with Crippen molar-refractivity contribution < 1.29 is 9.90 Å². The first kappa shape index (κ1) is 12.0. The maximum atomic E-state index is 10.9. The summed E-state index contributed by atoms with van der Waals surface area (Å²) in [5, 5.41) is 16.0. The van der Waals surface area contributed by atoms with E-state index in [-0.39, 0.29) is 22.6 Å². The molecule has 0 bridgehead atoms. The number of aliphatic carboxylic acids is 1. The number of rotatable bonds is 1. The molecule has 16 heavy (non-hydrogen) atoms. The molecule has 0 aromatic heterocycles. The zero-order valence-corrected chi connectivity index (χ0v) is 10.7. The predicted molar refractivity (Wildman–Crippen MR) is 69.2 cm³/mol. The minimum atomic E-state index is -1.10. The molecule has 0 aromatic carbocycles. The first-order chi connectivity index (χ1) is 7.54. The number of carboxylic acid groups (broad SMARTS) is 1. The largest absolute Gasteiger partial charge is 0.478 e. The van der Waals surface area contributed by atoms with Crippen molar-refractivity contribution in [2.75, 3.05) is 6.26 Å². The van der Waals surface area contributed by atoms with Crippen molar-refractivity contribution in [3.63, 3.8) is 0 Å². The maximum absolute atomic E-state index is 10.9. The fourth-order valence-corrected chi connectivity index (χ4v) is 3.95. The fraction of sp³-hybridized carbons (Fsp3) is 0.444. The van der Waals surface area contributed by atoms with Gasteiger partial charge < -0.3 is 10.5 Å². The molecular weight excluding hydrogens is 268 g/mol. The summed E-state index contributed by atoms with van der Waals surface area (Å²) in [4.78, 5) is 15.3. The molecule has 0 saturated carbocycles. The third-order valence-corrected chi connectivity index (χ3v) is 5.44. The number of nitrogens with zero attached hydrogens (tertiary/aromatic N) is 1. The molecule has 4 nitrogen and oxygen atoms in total. The van der Waals surface area contributed by atoms with Crippen LogP contribution in [0.2, 0.25) is 0 Å². The third kappa shape index (κ3) is 1.89. The van der Waals surface area contributed by atoms with Crippen molar-refractivity contribution in [3.8, 4) is 0 Å². The monoisotopic (exact) mass is 276 g/mol. The lowest BCUT2D eigenvalue weighted by Crippen LogP contribution is -2.39. The van der Waals surface area contributed by atoms with Crippen LogP contribution in [0.25, 0.3) is 0 Å². The molecule has 0 fully saturated rings. The lowest BCUT2D eigenvalue weighted by molar-refractivity contribution is -0.132. The van der Waals surface area contributed by atoms with Gasteiger partial charge in [-0.15, -0.1) is 23.4 Å². The van der Waals surface area contributed by atoms with Crippen molar-refractivity contribution in [1.29, 1.82) is 5.41 Å². The van der Waals surface area contributed by atoms with Crippen molar-refractivity contribution in [1.82, 2.24) is 0 Å². The van der Waals surface area contributed by atoms with Gasteiger partial charge in [-0.1, -0.05) is 11.8 Å². The van der Waals surface area contributed by atoms with Gasteiger partial charge >= 0.3 is 5.97 Å². The molecule has 0 spiro atoms. The van der Waals surface area contributed by atoms with E-state index in [0.717, 1.165) is 4.38 Å². The second kappa shape index (κ2) is 4.43. The summed E-state index contributed by atoms with van der Waals surface area (Å²) >= 11 is 9.14. The van der Waals surface area contributed by atoms with Crippen LogP contribution in [0, 0.1) is 5.41 Å². The molecule has 2 aliphatic rings. The SMILES string of the molecule is CSC1=NC2C=C(C(=O)O)C(=N)C(Cl)C2S1. The van der Waals surface area contributed by atoms with Crippen LogP contribution in [0.4, 0.5) is 0 Å². The van der Waals surface area contributed by atoms with Gasteiger partial charge in [-0.25, -0.2) is 4.79 Å². The smallest absolute Gasteiger partial charge is 0.337 e. The van der Waals surface area contributed by atoms with E-state index in [1.54, 1.807) is 0 Å². The Bertz CT molecular complexity index is 422. The van der Waals surface area contributed by atoms with Crippen LogP contribution in [0.15, 0.2) is 16.6 Å². The molecule has 2 N–H and O–H groups in total. The van der Waals surface area contributed by atoms with E-state index >= 15 is 0 Å². The Balaban J connectivity index is 2.35. The Morgan fingerprint density at radius 3 is 3.00 bits per heavy atom. The highest BCUT2D eigenvalue weighted by Crippen LogP contribution is 2.40. The minimum absolute atomic E-state index is 0.0135. The zero-order valence-electron chi connectivity index (χ0n) is 8.31. The minimum Gasteiger partial charge on any atom is -0.478 e. The molecule has 2 rings (SSSR count). The highest BCUT2D eigenvalue weighted by molar-refractivity contribution is 8.39. The summed E-state index contributed by atoms with van der Waals surface area (Å²) in [5.74, 6) is -1.10. The normalized spacial score (nSPS) is 33.1. The summed E-state index contributed by atoms with van der Waals surface area (Å²) in [6.07, 6.45) is 3.45. The van der Waals surface area contributed by atoms with Gasteiger partial charge in [-0.3, -0.25) is 4.99 Å². The van der Waals surface area contributed by atoms with E-state index in [2.05, 4.69) is 4.99 Å². The van der Waals surface area contributed by atoms with E-state index in [4.69, 9.17) is 22.1 Å². The van der Waals surface area contributed by atoms with Gasteiger partial charge in [0.1, 0.15) is 4.38 Å². The van der Waals surface area contributed by atoms with Crippen molar-refractivity contribution in [3.05, 3.63) is 11.6 Å². The van der Waals surface area contributed by atoms with Crippen molar-refractivity contribution >= 4 is 51.2 Å². The van der Waals surface area contributed by atoms with Gasteiger partial charge in [0.25, 0.3) is 0 Å². The number of aliphatic imine (C=N–C) groups is 1. The Labute approximate surface area is 106 Å². The van der Waals surface area contributed by atoms with Crippen molar-refractivity contribution in [2.45, 2.75) is 16.7 Å². The van der Waals surface area contributed by atoms with Gasteiger partial charge in [-0.05, 0) is 12.3 Å². The number of alkyl halides is 1. The molecule has 0 aromatic rings. The molecule has 3 unspecified atom stereocenters. The highest BCUT2D eigenvalue weighted by Gasteiger charge is 2.42. The fourth-order valence-electron chi connectivity index (χ4n) is 1.64. The molecule has 86 valence electrons. The van der Waals surface area contributed by atoms with Crippen LogP contribution in [0.1, 0.15) is 0 Å². The van der Waals surface area contributed by atoms with Crippen LogP contribution >= 0.6 is 35.1 Å². The first-order valence-corrected chi connectivity index (χ1v) is 7.05. The second-order valence-electron chi connectivity index (χ2n) is 3.37. The summed E-state index contributed by atoms with van der Waals surface area (Å²) in [6.45, 7) is 0. The quantitative estimate of drug-likeness (QED) is 0.717. The lowest BCUT2D eigenvalue weighted by atomic mass is 9.93. The molecule has 3 atom stereocenters. The van der Waals surface area contributed by atoms with E-state index < -0.39 is 11.3 Å². The van der Waals surface area contributed by atoms with Gasteiger partial charge in [-0.2, -0.15) is 0 Å². The van der Waals surface area contributed by atoms with E-state index in [9.17, 15) is 4.79 Å². The Morgan fingerprint density at radius 2 is 2.44 bits per heavy atom. The average molecular weight is 277 g/mol. The molecular formula is C9H9ClN2O2S2. The van der Waals surface area contributed by atoms with Crippen LogP contribution in [-0.2, 0) is 4.79 Å². The highest BCUT2D eigenvalue weighted by atomic mass is 35.5. The zero-order chi connectivity index (χ0) is 11.9. The number of carboxylic acids is 1. The molecule has 0 saturated heterocycles. The summed E-state index contributed by atoms with van der Waals surface area (Å²) in [5.41, 5.74) is -0.0339. The molecule has 7 heteroatoms. The van der Waals surface area contributed by atoms with Crippen molar-refractivity contribution in [2.24, 2.45) is 4.99 Å². The third-order valence-electron chi connectivity index (χ3n) is 2.42. The number of carbonyl (C=O) groups is 1. The predicted octanol–water partition coefficient (Wildman–Crippen LogP) is 1.84. The standard InChI is InChI=1S/C9H9ClN2O2S2/c1-15-9-12-4-2-3(8(13)14)6(11)5(10)7(4)16-9/h2,4-5,7,11H,1H3,(H,13,14). The molecule has 0 amide bonds. The molecule has 0 radical (unpaired) electrons. The van der Waals surface area contributed by atoms with Gasteiger partial charge in [0, 0.05) is 0 Å². The Morgan fingerprint density at radius 1 is 1.75 bits per heavy atom. The lowest BCUT2D eigenvalue weighted by Gasteiger charge is -2.26. The number of hydrogen-bond acceptors (Lipinski definition) is 5. The van der Waals surface area contributed by atoms with E-state index in [1.807, 2.05) is 6.26 Å². The van der Waals surface area contributed by atoms with Crippen LogP contribution in [0.5, 0.6) is 0 Å². The number of nitrogens with one attached hydrogen (secondary N) is 1. The Kier molecular flexibility index (Phi) is 3.32. The number of thioether (sulfide) groups is 2. The Hall–Kier alpha value is -0.460. The number of hydrogen-bond donors (Lipinski definition) is 2. The summed E-state index contributed by atoms with van der Waals surface area (Å²) in [6, 6.07) is -0.213. The van der Waals surface area contributed by atoms with Gasteiger partial charge in [0.15, 0.2) is 0 Å². The summed E-state index contributed by atoms with van der Waals surface area (Å²) < 4.78 is 0.899. The molecule has 1 heterocycles. The summed E-state index contributed by atoms with van der Waals surface area (Å²) in [7, 11) is 0. The average Bonchev–Trinajstić information content (AvgIpc) is 2.66. The van der Waals surface area contributed by atoms with Crippen LogP contribution in [-0.4, -0.2) is 44.1 Å². The van der Waals surface area contributed by atoms with E-state index in [0.29, 0.717) is 0 Å². The topological polar surface area (TPSA) is 73.5 Å². The van der Waals surface area contributed by atoms with E-state index in [1.165, 1.54) is 29.6 Å². The second-order valence-corrected chi connectivity index (χ2v) is 6.06.